The second-order valence-corrected chi connectivity index (χ2v) is 2.19. The lowest BCUT2D eigenvalue weighted by Gasteiger charge is -1.94. The smallest absolute Gasteiger partial charge is 0.0178 e. The Balaban J connectivity index is 0. The van der Waals surface area contributed by atoms with Gasteiger partial charge in [-0.15, -0.1) is 0 Å². The molecule has 76 valence electrons. The molecule has 1 nitrogen and oxygen atoms in total. The molecule has 1 aromatic rings. The van der Waals surface area contributed by atoms with E-state index in [1.54, 1.807) is 0 Å². The molecule has 0 aliphatic carbocycles. The fourth-order valence-corrected chi connectivity index (χ4v) is 0.724. The Morgan fingerprint density at radius 1 is 0.923 bits per heavy atom. The van der Waals surface area contributed by atoms with Gasteiger partial charge in [0.05, 0.1) is 0 Å². The second-order valence-electron chi connectivity index (χ2n) is 2.19. The van der Waals surface area contributed by atoms with Gasteiger partial charge < -0.3 is 5.73 Å². The molecule has 0 atom stereocenters. The Kier molecular flexibility index (Phi) is 12.6. The van der Waals surface area contributed by atoms with E-state index in [9.17, 15) is 0 Å². The van der Waals surface area contributed by atoms with Crippen molar-refractivity contribution >= 4 is 0 Å². The van der Waals surface area contributed by atoms with E-state index in [4.69, 9.17) is 5.73 Å². The first-order chi connectivity index (χ1) is 6.33. The zero-order valence-corrected chi connectivity index (χ0v) is 9.59. The fourth-order valence-electron chi connectivity index (χ4n) is 0.724. The molecule has 0 radical (unpaired) electrons. The van der Waals surface area contributed by atoms with Gasteiger partial charge in [-0.3, -0.25) is 0 Å². The Morgan fingerprint density at radius 3 is 1.62 bits per heavy atom. The van der Waals surface area contributed by atoms with Gasteiger partial charge >= 0.3 is 0 Å². The van der Waals surface area contributed by atoms with Gasteiger partial charge in [-0.2, -0.15) is 0 Å². The summed E-state index contributed by atoms with van der Waals surface area (Å²) in [7, 11) is 0. The lowest BCUT2D eigenvalue weighted by Crippen LogP contribution is -1.94. The maximum atomic E-state index is 5.40. The molecular formula is C12H23N. The molecule has 0 amide bonds. The lowest BCUT2D eigenvalue weighted by molar-refractivity contribution is 1.07. The van der Waals surface area contributed by atoms with Crippen molar-refractivity contribution in [2.75, 3.05) is 0 Å². The van der Waals surface area contributed by atoms with Crippen molar-refractivity contribution < 1.29 is 0 Å². The Morgan fingerprint density at radius 2 is 1.31 bits per heavy atom. The molecule has 0 aliphatic rings. The van der Waals surface area contributed by atoms with Crippen molar-refractivity contribution in [1.82, 2.24) is 0 Å². The number of hydrogen-bond acceptors (Lipinski definition) is 1. The summed E-state index contributed by atoms with van der Waals surface area (Å²) in [4.78, 5) is 0. The van der Waals surface area contributed by atoms with Gasteiger partial charge in [0.1, 0.15) is 0 Å². The van der Waals surface area contributed by atoms with E-state index in [-0.39, 0.29) is 0 Å². The van der Waals surface area contributed by atoms with Gasteiger partial charge in [-0.05, 0) is 12.5 Å². The van der Waals surface area contributed by atoms with Gasteiger partial charge in [0.2, 0.25) is 0 Å². The lowest BCUT2D eigenvalue weighted by atomic mass is 10.2. The first kappa shape index (κ1) is 14.7. The standard InChI is InChI=1S/C8H11N.2C2H6/c1-7-2-4-8(6-9)5-3-7;2*1-2/h2-5H,6,9H2,1H3;2*1-2H3. The first-order valence-corrected chi connectivity index (χ1v) is 5.08. The van der Waals surface area contributed by atoms with Crippen molar-refractivity contribution in [2.45, 2.75) is 41.2 Å². The molecular weight excluding hydrogens is 158 g/mol. The van der Waals surface area contributed by atoms with Crippen LogP contribution >= 0.6 is 0 Å². The summed E-state index contributed by atoms with van der Waals surface area (Å²) in [6, 6.07) is 8.25. The van der Waals surface area contributed by atoms with Crippen LogP contribution in [-0.2, 0) is 6.54 Å². The normalized spacial score (nSPS) is 7.54. The Hall–Kier alpha value is -0.820. The van der Waals surface area contributed by atoms with Crippen LogP contribution in [0.5, 0.6) is 0 Å². The van der Waals surface area contributed by atoms with E-state index in [0.717, 1.165) is 0 Å². The number of benzene rings is 1. The van der Waals surface area contributed by atoms with Crippen LogP contribution in [0.15, 0.2) is 24.3 Å². The molecule has 1 aromatic carbocycles. The van der Waals surface area contributed by atoms with Gasteiger partial charge in [-0.25, -0.2) is 0 Å². The van der Waals surface area contributed by atoms with Crippen molar-refractivity contribution in [2.24, 2.45) is 5.73 Å². The molecule has 1 rings (SSSR count). The molecule has 1 heteroatoms. The van der Waals surface area contributed by atoms with Crippen LogP contribution in [0.3, 0.4) is 0 Å². The highest BCUT2D eigenvalue weighted by molar-refractivity contribution is 5.20. The van der Waals surface area contributed by atoms with Crippen LogP contribution in [0.1, 0.15) is 38.8 Å². The van der Waals surface area contributed by atoms with Crippen molar-refractivity contribution in [3.8, 4) is 0 Å². The molecule has 0 heterocycles. The Labute approximate surface area is 83.0 Å². The van der Waals surface area contributed by atoms with E-state index in [0.29, 0.717) is 6.54 Å². The van der Waals surface area contributed by atoms with E-state index in [1.165, 1.54) is 11.1 Å². The molecule has 0 aliphatic heterocycles. The second kappa shape index (κ2) is 11.2. The minimum Gasteiger partial charge on any atom is -0.326 e. The largest absolute Gasteiger partial charge is 0.326 e. The van der Waals surface area contributed by atoms with Crippen LogP contribution < -0.4 is 5.73 Å². The third-order valence-corrected chi connectivity index (χ3v) is 1.36. The molecule has 13 heavy (non-hydrogen) atoms. The van der Waals surface area contributed by atoms with Gasteiger partial charge in [0.15, 0.2) is 0 Å². The highest BCUT2D eigenvalue weighted by Gasteiger charge is 1.84. The van der Waals surface area contributed by atoms with Crippen molar-refractivity contribution in [3.05, 3.63) is 35.4 Å². The maximum absolute atomic E-state index is 5.40. The minimum absolute atomic E-state index is 0.639. The molecule has 0 saturated carbocycles. The van der Waals surface area contributed by atoms with Crippen LogP contribution in [-0.4, -0.2) is 0 Å². The van der Waals surface area contributed by atoms with Crippen molar-refractivity contribution in [3.63, 3.8) is 0 Å². The van der Waals surface area contributed by atoms with Crippen LogP contribution in [0.4, 0.5) is 0 Å². The van der Waals surface area contributed by atoms with Crippen LogP contribution in [0.2, 0.25) is 0 Å². The van der Waals surface area contributed by atoms with Gasteiger partial charge in [0.25, 0.3) is 0 Å². The zero-order valence-electron chi connectivity index (χ0n) is 9.59. The van der Waals surface area contributed by atoms with E-state index >= 15 is 0 Å². The summed E-state index contributed by atoms with van der Waals surface area (Å²) in [6.07, 6.45) is 0. The third kappa shape index (κ3) is 7.54. The Bertz CT molecular complexity index is 177. The minimum atomic E-state index is 0.639. The summed E-state index contributed by atoms with van der Waals surface area (Å²) in [6.45, 7) is 10.7. The number of rotatable bonds is 1. The molecule has 0 spiro atoms. The van der Waals surface area contributed by atoms with E-state index in [1.807, 2.05) is 27.7 Å². The average molecular weight is 181 g/mol. The topological polar surface area (TPSA) is 26.0 Å². The number of aryl methyl sites for hydroxylation is 1. The van der Waals surface area contributed by atoms with Crippen LogP contribution in [0.25, 0.3) is 0 Å². The highest BCUT2D eigenvalue weighted by Crippen LogP contribution is 2.00. The van der Waals surface area contributed by atoms with E-state index < -0.39 is 0 Å². The highest BCUT2D eigenvalue weighted by atomic mass is 14.5. The van der Waals surface area contributed by atoms with Crippen LogP contribution in [0, 0.1) is 6.92 Å². The van der Waals surface area contributed by atoms with Gasteiger partial charge in [-0.1, -0.05) is 57.5 Å². The number of nitrogens with two attached hydrogens (primary N) is 1. The van der Waals surface area contributed by atoms with Gasteiger partial charge in [0, 0.05) is 6.54 Å². The number of hydrogen-bond donors (Lipinski definition) is 1. The molecule has 0 saturated heterocycles. The molecule has 0 unspecified atom stereocenters. The zero-order chi connectivity index (χ0) is 10.7. The summed E-state index contributed by atoms with van der Waals surface area (Å²) in [5, 5.41) is 0. The quantitative estimate of drug-likeness (QED) is 0.705. The monoisotopic (exact) mass is 181 g/mol. The first-order valence-electron chi connectivity index (χ1n) is 5.08. The van der Waals surface area contributed by atoms with Crippen molar-refractivity contribution in [1.29, 1.82) is 0 Å². The average Bonchev–Trinajstić information content (AvgIpc) is 2.25. The maximum Gasteiger partial charge on any atom is 0.0178 e. The fraction of sp³-hybridized carbons (Fsp3) is 0.500. The predicted octanol–water partition coefficient (Wildman–Crippen LogP) is 3.51. The molecule has 0 fully saturated rings. The third-order valence-electron chi connectivity index (χ3n) is 1.36. The summed E-state index contributed by atoms with van der Waals surface area (Å²) in [5.41, 5.74) is 7.88. The SMILES string of the molecule is CC.CC.Cc1ccc(CN)cc1. The molecule has 0 aromatic heterocycles. The molecule has 0 bridgehead atoms. The summed E-state index contributed by atoms with van der Waals surface area (Å²) in [5.74, 6) is 0. The van der Waals surface area contributed by atoms with E-state index in [2.05, 4.69) is 31.2 Å². The summed E-state index contributed by atoms with van der Waals surface area (Å²) < 4.78 is 0. The summed E-state index contributed by atoms with van der Waals surface area (Å²) >= 11 is 0. The predicted molar refractivity (Wildman–Crippen MR) is 61.8 cm³/mol. The molecule has 2 N–H and O–H groups in total.